The number of ether oxygens (including phenoxy) is 1. The molecule has 0 aromatic carbocycles. The maximum Gasteiger partial charge on any atom is 0.170 e. The van der Waals surface area contributed by atoms with Crippen LogP contribution in [0.1, 0.15) is 19.6 Å². The summed E-state index contributed by atoms with van der Waals surface area (Å²) in [6, 6.07) is 0. The molecule has 0 radical (unpaired) electrons. The molecule has 0 bridgehead atoms. The molecule has 7 nitrogen and oxygen atoms in total. The van der Waals surface area contributed by atoms with Crippen molar-refractivity contribution in [1.29, 1.82) is 0 Å². The molecule has 1 aliphatic heterocycles. The molecule has 1 aliphatic rings. The van der Waals surface area contributed by atoms with Crippen LogP contribution in [0.5, 0.6) is 0 Å². The van der Waals surface area contributed by atoms with Crippen molar-refractivity contribution in [3.8, 4) is 0 Å². The van der Waals surface area contributed by atoms with Gasteiger partial charge in [-0.05, 0) is 6.92 Å². The van der Waals surface area contributed by atoms with Crippen LogP contribution in [0, 0.1) is 0 Å². The second-order valence-electron chi connectivity index (χ2n) is 4.86. The molecular formula is C11H14FN5O2. The van der Waals surface area contributed by atoms with Gasteiger partial charge in [0.25, 0.3) is 0 Å². The molecule has 0 saturated carbocycles. The minimum absolute atomic E-state index is 0.119. The number of aliphatic hydroxyl groups is 1. The Hall–Kier alpha value is -1.80. The van der Waals surface area contributed by atoms with Crippen molar-refractivity contribution in [2.45, 2.75) is 31.3 Å². The minimum atomic E-state index is -1.61. The average Bonchev–Trinajstić information content (AvgIpc) is 2.90. The molecule has 1 fully saturated rings. The van der Waals surface area contributed by atoms with E-state index < -0.39 is 18.0 Å². The van der Waals surface area contributed by atoms with E-state index in [4.69, 9.17) is 15.6 Å². The fourth-order valence-electron chi connectivity index (χ4n) is 2.42. The Morgan fingerprint density at radius 3 is 3.05 bits per heavy atom. The Morgan fingerprint density at radius 2 is 2.37 bits per heavy atom. The van der Waals surface area contributed by atoms with Gasteiger partial charge in [0.1, 0.15) is 11.8 Å². The van der Waals surface area contributed by atoms with Crippen LogP contribution >= 0.6 is 0 Å². The fourth-order valence-corrected chi connectivity index (χ4v) is 2.42. The number of hydrogen-bond acceptors (Lipinski definition) is 6. The summed E-state index contributed by atoms with van der Waals surface area (Å²) < 4.78 is 21.5. The van der Waals surface area contributed by atoms with Gasteiger partial charge in [-0.2, -0.15) is 0 Å². The molecule has 3 atom stereocenters. The summed E-state index contributed by atoms with van der Waals surface area (Å²) in [6.45, 7) is 1.21. The maximum atomic E-state index is 14.5. The third-order valence-corrected chi connectivity index (χ3v) is 3.31. The number of imidazole rings is 1. The lowest BCUT2D eigenvalue weighted by Crippen LogP contribution is -2.27. The zero-order valence-corrected chi connectivity index (χ0v) is 10.3. The van der Waals surface area contributed by atoms with Gasteiger partial charge in [-0.25, -0.2) is 19.3 Å². The number of aliphatic hydroxyl groups excluding tert-OH is 1. The molecule has 3 heterocycles. The fraction of sp³-hybridized carbons (Fsp3) is 0.545. The lowest BCUT2D eigenvalue weighted by atomic mass is 10.0. The summed E-state index contributed by atoms with van der Waals surface area (Å²) in [5.41, 5.74) is 4.91. The summed E-state index contributed by atoms with van der Waals surface area (Å²) in [5, 5.41) is 9.11. The molecule has 0 spiro atoms. The second-order valence-corrected chi connectivity index (χ2v) is 4.86. The Morgan fingerprint density at radius 1 is 1.58 bits per heavy atom. The molecule has 0 amide bonds. The number of fused-ring (bicyclic) bond motifs is 1. The first kappa shape index (κ1) is 12.2. The number of aromatic nitrogens is 4. The molecule has 3 N–H and O–H groups in total. The molecule has 3 unspecified atom stereocenters. The molecule has 0 aliphatic carbocycles. The van der Waals surface area contributed by atoms with Crippen LogP contribution < -0.4 is 5.73 Å². The number of rotatable bonds is 2. The topological polar surface area (TPSA) is 99.1 Å². The molecule has 2 aromatic rings. The van der Waals surface area contributed by atoms with Crippen molar-refractivity contribution in [3.63, 3.8) is 0 Å². The van der Waals surface area contributed by atoms with Crippen LogP contribution in [0.15, 0.2) is 12.7 Å². The lowest BCUT2D eigenvalue weighted by molar-refractivity contribution is -0.0565. The summed E-state index contributed by atoms with van der Waals surface area (Å²) in [4.78, 5) is 12.0. The second kappa shape index (κ2) is 4.10. The number of halogens is 1. The number of nitrogens with zero attached hydrogens (tertiary/aromatic N) is 4. The smallest absolute Gasteiger partial charge is 0.170 e. The number of nitrogens with two attached hydrogens (primary N) is 1. The highest BCUT2D eigenvalue weighted by Gasteiger charge is 2.47. The van der Waals surface area contributed by atoms with E-state index in [0.29, 0.717) is 11.2 Å². The van der Waals surface area contributed by atoms with E-state index in [1.807, 2.05) is 0 Å². The van der Waals surface area contributed by atoms with Crippen molar-refractivity contribution in [1.82, 2.24) is 19.5 Å². The van der Waals surface area contributed by atoms with Gasteiger partial charge in [-0.1, -0.05) is 0 Å². The van der Waals surface area contributed by atoms with E-state index in [9.17, 15) is 4.39 Å². The third kappa shape index (κ3) is 1.83. The third-order valence-electron chi connectivity index (χ3n) is 3.31. The van der Waals surface area contributed by atoms with Gasteiger partial charge in [0.2, 0.25) is 0 Å². The van der Waals surface area contributed by atoms with Crippen molar-refractivity contribution >= 4 is 17.0 Å². The maximum absolute atomic E-state index is 14.5. The number of nitrogen functional groups attached to an aromatic ring is 1. The highest BCUT2D eigenvalue weighted by atomic mass is 19.1. The zero-order chi connectivity index (χ0) is 13.6. The monoisotopic (exact) mass is 267 g/mol. The van der Waals surface area contributed by atoms with Gasteiger partial charge < -0.3 is 15.6 Å². The summed E-state index contributed by atoms with van der Waals surface area (Å²) in [7, 11) is 0. The van der Waals surface area contributed by atoms with Gasteiger partial charge in [0.15, 0.2) is 23.4 Å². The van der Waals surface area contributed by atoms with Crippen LogP contribution in [0.25, 0.3) is 11.2 Å². The highest BCUT2D eigenvalue weighted by Crippen LogP contribution is 2.41. The molecule has 8 heteroatoms. The largest absolute Gasteiger partial charge is 0.394 e. The predicted octanol–water partition coefficient (Wildman–Crippen LogP) is 0.417. The molecule has 3 rings (SSSR count). The van der Waals surface area contributed by atoms with Crippen molar-refractivity contribution in [2.24, 2.45) is 0 Å². The van der Waals surface area contributed by atoms with E-state index in [1.54, 1.807) is 0 Å². The predicted molar refractivity (Wildman–Crippen MR) is 64.9 cm³/mol. The zero-order valence-electron chi connectivity index (χ0n) is 10.3. The average molecular weight is 267 g/mol. The Labute approximate surface area is 108 Å². The van der Waals surface area contributed by atoms with E-state index >= 15 is 0 Å². The first-order chi connectivity index (χ1) is 9.03. The molecule has 1 saturated heterocycles. The Balaban J connectivity index is 2.07. The number of alkyl halides is 1. The van der Waals surface area contributed by atoms with E-state index in [0.717, 1.165) is 0 Å². The molecule has 2 aromatic heterocycles. The Bertz CT molecular complexity index is 614. The first-order valence-corrected chi connectivity index (χ1v) is 5.91. The summed E-state index contributed by atoms with van der Waals surface area (Å²) in [5.74, 6) is 0.237. The van der Waals surface area contributed by atoms with Crippen LogP contribution in [0.3, 0.4) is 0 Å². The highest BCUT2D eigenvalue weighted by molar-refractivity contribution is 5.81. The van der Waals surface area contributed by atoms with Crippen molar-refractivity contribution in [3.05, 3.63) is 12.7 Å². The van der Waals surface area contributed by atoms with Crippen LogP contribution in [0.2, 0.25) is 0 Å². The van der Waals surface area contributed by atoms with Gasteiger partial charge in [0, 0.05) is 6.42 Å². The van der Waals surface area contributed by atoms with E-state index in [-0.39, 0.29) is 18.8 Å². The quantitative estimate of drug-likeness (QED) is 0.818. The number of hydrogen-bond donors (Lipinski definition) is 2. The standard InChI is InChI=1S/C11H14FN5O2/c1-11(12)2-6(3-18)19-10(11)17-5-16-7-8(13)14-4-15-9(7)17/h4-6,10,18H,2-3H2,1H3,(H2,13,14,15). The number of anilines is 1. The van der Waals surface area contributed by atoms with Gasteiger partial charge in [0.05, 0.1) is 19.0 Å². The van der Waals surface area contributed by atoms with Crippen LogP contribution in [-0.4, -0.2) is 43.0 Å². The van der Waals surface area contributed by atoms with Crippen LogP contribution in [0.4, 0.5) is 10.2 Å². The van der Waals surface area contributed by atoms with E-state index in [2.05, 4.69) is 15.0 Å². The van der Waals surface area contributed by atoms with Crippen LogP contribution in [-0.2, 0) is 4.74 Å². The van der Waals surface area contributed by atoms with Gasteiger partial charge >= 0.3 is 0 Å². The molecule has 102 valence electrons. The van der Waals surface area contributed by atoms with Crippen molar-refractivity contribution < 1.29 is 14.2 Å². The van der Waals surface area contributed by atoms with Gasteiger partial charge in [-0.15, -0.1) is 0 Å². The SMILES string of the molecule is CC1(F)CC(CO)OC1n1cnc2c(N)ncnc21. The van der Waals surface area contributed by atoms with E-state index in [1.165, 1.54) is 24.1 Å². The summed E-state index contributed by atoms with van der Waals surface area (Å²) in [6.07, 6.45) is 1.43. The lowest BCUT2D eigenvalue weighted by Gasteiger charge is -2.22. The summed E-state index contributed by atoms with van der Waals surface area (Å²) >= 11 is 0. The molecule has 19 heavy (non-hydrogen) atoms. The van der Waals surface area contributed by atoms with Gasteiger partial charge in [-0.3, -0.25) is 4.57 Å². The molecular weight excluding hydrogens is 253 g/mol. The minimum Gasteiger partial charge on any atom is -0.394 e. The normalized spacial score (nSPS) is 31.1. The first-order valence-electron chi connectivity index (χ1n) is 5.91. The Kier molecular flexibility index (Phi) is 2.64. The van der Waals surface area contributed by atoms with Crippen molar-refractivity contribution in [2.75, 3.05) is 12.3 Å².